The highest BCUT2D eigenvalue weighted by Crippen LogP contribution is 2.37. The summed E-state index contributed by atoms with van der Waals surface area (Å²) in [6.07, 6.45) is 1.33. The summed E-state index contributed by atoms with van der Waals surface area (Å²) >= 11 is 0. The van der Waals surface area contributed by atoms with Crippen LogP contribution < -0.4 is 9.64 Å². The quantitative estimate of drug-likeness (QED) is 0.373. The smallest absolute Gasteiger partial charge is 0.373 e. The number of hydrogen-bond acceptors (Lipinski definition) is 6. The number of hydrogen-bond donors (Lipinski definition) is 0. The molecule has 152 valence electrons. The summed E-state index contributed by atoms with van der Waals surface area (Å²) in [6, 6.07) is 13.4. The van der Waals surface area contributed by atoms with Crippen LogP contribution in [0.15, 0.2) is 48.8 Å². The van der Waals surface area contributed by atoms with E-state index in [-0.39, 0.29) is 11.6 Å². The number of aromatic nitrogens is 2. The van der Waals surface area contributed by atoms with E-state index in [0.717, 1.165) is 10.8 Å². The van der Waals surface area contributed by atoms with Gasteiger partial charge in [0.2, 0.25) is 5.82 Å². The first kappa shape index (κ1) is 20.5. The van der Waals surface area contributed by atoms with Crippen LogP contribution >= 0.6 is 0 Å². The fourth-order valence-electron chi connectivity index (χ4n) is 3.29. The van der Waals surface area contributed by atoms with E-state index in [1.54, 1.807) is 6.07 Å². The average Bonchev–Trinajstić information content (AvgIpc) is 2.66. The van der Waals surface area contributed by atoms with Gasteiger partial charge in [0.25, 0.3) is 0 Å². The number of fused-ring (bicyclic) bond motifs is 1. The monoisotopic (exact) mass is 394 g/mol. The Labute approximate surface area is 170 Å². The van der Waals surface area contributed by atoms with Crippen LogP contribution in [-0.4, -0.2) is 28.0 Å². The van der Waals surface area contributed by atoms with Gasteiger partial charge in [0.05, 0.1) is 4.92 Å². The molecule has 0 unspecified atom stereocenters. The number of benzene rings is 2. The largest absolute Gasteiger partial charge is 0.434 e. The molecule has 0 spiro atoms. The van der Waals surface area contributed by atoms with Gasteiger partial charge >= 0.3 is 11.6 Å². The van der Waals surface area contributed by atoms with Crippen LogP contribution in [0.2, 0.25) is 0 Å². The van der Waals surface area contributed by atoms with Gasteiger partial charge in [-0.05, 0) is 34.7 Å². The van der Waals surface area contributed by atoms with Crippen molar-refractivity contribution in [1.29, 1.82) is 0 Å². The van der Waals surface area contributed by atoms with Crippen molar-refractivity contribution in [1.82, 2.24) is 9.97 Å². The Bertz CT molecular complexity index is 994. The minimum Gasteiger partial charge on any atom is -0.434 e. The Hall–Kier alpha value is -3.22. The summed E-state index contributed by atoms with van der Waals surface area (Å²) in [5.74, 6) is 1.40. The fourth-order valence-corrected chi connectivity index (χ4v) is 3.29. The zero-order valence-corrected chi connectivity index (χ0v) is 17.2. The summed E-state index contributed by atoms with van der Waals surface area (Å²) in [4.78, 5) is 21.8. The molecule has 7 heteroatoms. The standard InChI is InChI=1S/C22H26N4O3/c1-15(2)12-25(13-16(3)4)21-20(26(27)28)22(24-14-23-21)29-19-10-9-17-7-5-6-8-18(17)11-19/h5-11,14-16H,12-13H2,1-4H3. The Morgan fingerprint density at radius 2 is 1.66 bits per heavy atom. The second-order valence-corrected chi connectivity index (χ2v) is 7.91. The van der Waals surface area contributed by atoms with Crippen molar-refractivity contribution in [2.45, 2.75) is 27.7 Å². The van der Waals surface area contributed by atoms with Crippen LogP contribution in [0.3, 0.4) is 0 Å². The Morgan fingerprint density at radius 1 is 1.00 bits per heavy atom. The fraction of sp³-hybridized carbons (Fsp3) is 0.364. The number of rotatable bonds is 8. The zero-order chi connectivity index (χ0) is 21.0. The third-order valence-electron chi connectivity index (χ3n) is 4.36. The lowest BCUT2D eigenvalue weighted by atomic mass is 10.1. The van der Waals surface area contributed by atoms with E-state index in [1.807, 2.05) is 41.3 Å². The normalized spacial score (nSPS) is 11.2. The third-order valence-corrected chi connectivity index (χ3v) is 4.36. The molecule has 3 rings (SSSR count). The molecule has 1 heterocycles. The van der Waals surface area contributed by atoms with Crippen molar-refractivity contribution in [2.75, 3.05) is 18.0 Å². The molecule has 0 bridgehead atoms. The van der Waals surface area contributed by atoms with Crippen molar-refractivity contribution in [2.24, 2.45) is 11.8 Å². The molecule has 0 aliphatic heterocycles. The van der Waals surface area contributed by atoms with E-state index >= 15 is 0 Å². The highest BCUT2D eigenvalue weighted by Gasteiger charge is 2.29. The molecule has 0 aliphatic rings. The average molecular weight is 394 g/mol. The van der Waals surface area contributed by atoms with Gasteiger partial charge < -0.3 is 9.64 Å². The van der Waals surface area contributed by atoms with E-state index in [1.165, 1.54) is 6.33 Å². The highest BCUT2D eigenvalue weighted by molar-refractivity contribution is 5.83. The van der Waals surface area contributed by atoms with Gasteiger partial charge in [-0.3, -0.25) is 10.1 Å². The molecule has 3 aromatic rings. The van der Waals surface area contributed by atoms with Crippen LogP contribution in [0.4, 0.5) is 11.5 Å². The minimum atomic E-state index is -0.459. The van der Waals surface area contributed by atoms with E-state index in [2.05, 4.69) is 37.7 Å². The molecule has 0 atom stereocenters. The van der Waals surface area contributed by atoms with Crippen LogP contribution in [-0.2, 0) is 0 Å². The van der Waals surface area contributed by atoms with Crippen molar-refractivity contribution >= 4 is 22.3 Å². The van der Waals surface area contributed by atoms with Crippen molar-refractivity contribution < 1.29 is 9.66 Å². The second kappa shape index (κ2) is 8.86. The lowest BCUT2D eigenvalue weighted by Crippen LogP contribution is -2.32. The van der Waals surface area contributed by atoms with Crippen LogP contribution in [0.25, 0.3) is 10.8 Å². The zero-order valence-electron chi connectivity index (χ0n) is 17.2. The molecular formula is C22H26N4O3. The van der Waals surface area contributed by atoms with Crippen LogP contribution in [0, 0.1) is 22.0 Å². The number of nitro groups is 1. The first-order valence-electron chi connectivity index (χ1n) is 9.76. The van der Waals surface area contributed by atoms with Gasteiger partial charge in [-0.25, -0.2) is 4.98 Å². The summed E-state index contributed by atoms with van der Waals surface area (Å²) in [5.41, 5.74) is -0.207. The molecule has 29 heavy (non-hydrogen) atoms. The number of anilines is 1. The third kappa shape index (κ3) is 4.99. The van der Waals surface area contributed by atoms with Gasteiger partial charge in [0.15, 0.2) is 0 Å². The van der Waals surface area contributed by atoms with Crippen molar-refractivity contribution in [3.63, 3.8) is 0 Å². The predicted octanol–water partition coefficient (Wildman–Crippen LogP) is 5.45. The lowest BCUT2D eigenvalue weighted by Gasteiger charge is -2.27. The summed E-state index contributed by atoms with van der Waals surface area (Å²) in [6.45, 7) is 9.62. The van der Waals surface area contributed by atoms with Gasteiger partial charge in [-0.1, -0.05) is 58.0 Å². The predicted molar refractivity (Wildman–Crippen MR) is 115 cm³/mol. The molecule has 0 saturated carbocycles. The number of nitrogens with zero attached hydrogens (tertiary/aromatic N) is 4. The van der Waals surface area contributed by atoms with Crippen molar-refractivity contribution in [3.05, 3.63) is 58.9 Å². The molecule has 0 fully saturated rings. The Morgan fingerprint density at radius 3 is 2.28 bits per heavy atom. The molecule has 1 aromatic heterocycles. The SMILES string of the molecule is CC(C)CN(CC(C)C)c1ncnc(Oc2ccc3ccccc3c2)c1[N+](=O)[O-]. The van der Waals surface area contributed by atoms with Crippen molar-refractivity contribution in [3.8, 4) is 11.6 Å². The summed E-state index contributed by atoms with van der Waals surface area (Å²) < 4.78 is 5.86. The maximum Gasteiger partial charge on any atom is 0.373 e. The van der Waals surface area contributed by atoms with E-state index in [9.17, 15) is 10.1 Å². The van der Waals surface area contributed by atoms with Gasteiger partial charge in [0.1, 0.15) is 12.1 Å². The summed E-state index contributed by atoms with van der Waals surface area (Å²) in [5, 5.41) is 14.0. The molecule has 7 nitrogen and oxygen atoms in total. The first-order chi connectivity index (χ1) is 13.8. The molecule has 0 amide bonds. The highest BCUT2D eigenvalue weighted by atomic mass is 16.6. The molecule has 2 aromatic carbocycles. The Balaban J connectivity index is 2.01. The van der Waals surface area contributed by atoms with E-state index in [0.29, 0.717) is 36.5 Å². The first-order valence-corrected chi connectivity index (χ1v) is 9.76. The maximum absolute atomic E-state index is 11.9. The van der Waals surface area contributed by atoms with Crippen LogP contribution in [0.1, 0.15) is 27.7 Å². The molecule has 0 N–H and O–H groups in total. The topological polar surface area (TPSA) is 81.4 Å². The molecule has 0 radical (unpaired) electrons. The lowest BCUT2D eigenvalue weighted by molar-refractivity contribution is -0.385. The molecular weight excluding hydrogens is 368 g/mol. The minimum absolute atomic E-state index is 0.0483. The summed E-state index contributed by atoms with van der Waals surface area (Å²) in [7, 11) is 0. The number of ether oxygens (including phenoxy) is 1. The molecule has 0 aliphatic carbocycles. The Kier molecular flexibility index (Phi) is 6.26. The van der Waals surface area contributed by atoms with Gasteiger partial charge in [-0.2, -0.15) is 4.98 Å². The maximum atomic E-state index is 11.9. The molecule has 0 saturated heterocycles. The van der Waals surface area contributed by atoms with Gasteiger partial charge in [-0.15, -0.1) is 0 Å². The second-order valence-electron chi connectivity index (χ2n) is 7.91. The van der Waals surface area contributed by atoms with E-state index in [4.69, 9.17) is 4.74 Å². The van der Waals surface area contributed by atoms with Crippen LogP contribution in [0.5, 0.6) is 11.6 Å². The van der Waals surface area contributed by atoms with Gasteiger partial charge in [0, 0.05) is 13.1 Å². The van der Waals surface area contributed by atoms with E-state index < -0.39 is 4.92 Å².